The lowest BCUT2D eigenvalue weighted by molar-refractivity contribution is 1.14. The van der Waals surface area contributed by atoms with Crippen LogP contribution in [0.15, 0.2) is 42.5 Å². The summed E-state index contributed by atoms with van der Waals surface area (Å²) in [6.07, 6.45) is 0.977. The van der Waals surface area contributed by atoms with E-state index in [9.17, 15) is 0 Å². The van der Waals surface area contributed by atoms with Crippen LogP contribution in [0.1, 0.15) is 22.3 Å². The molecular weight excluding hydrogens is 216 g/mol. The minimum Gasteiger partial charge on any atom is -0.0843 e. The highest BCUT2D eigenvalue weighted by Gasteiger charge is 2.00. The molecule has 16 heavy (non-hydrogen) atoms. The molecule has 0 nitrogen and oxygen atoms in total. The first-order chi connectivity index (χ1) is 7.65. The Balaban J connectivity index is 2.26. The fraction of sp³-hybridized carbons (Fsp3) is 0.200. The summed E-state index contributed by atoms with van der Waals surface area (Å²) >= 11 is 5.87. The van der Waals surface area contributed by atoms with Crippen LogP contribution in [0.25, 0.3) is 0 Å². The highest BCUT2D eigenvalue weighted by Crippen LogP contribution is 2.17. The summed E-state index contributed by atoms with van der Waals surface area (Å²) in [5, 5.41) is 0.796. The molecule has 0 aliphatic carbocycles. The Morgan fingerprint density at radius 3 is 2.31 bits per heavy atom. The van der Waals surface area contributed by atoms with Gasteiger partial charge in [0, 0.05) is 5.02 Å². The standard InChI is InChI=1S/C15H15Cl/c1-11-3-4-12(2)14(9-11)10-13-5-7-15(16)8-6-13/h3-9H,10H2,1-2H3. The van der Waals surface area contributed by atoms with E-state index in [1.807, 2.05) is 12.1 Å². The molecule has 0 fully saturated rings. The second-order valence-electron chi connectivity index (χ2n) is 4.23. The molecule has 0 radical (unpaired) electrons. The first-order valence-electron chi connectivity index (χ1n) is 5.46. The molecule has 0 amide bonds. The molecule has 2 rings (SSSR count). The molecule has 0 bridgehead atoms. The summed E-state index contributed by atoms with van der Waals surface area (Å²) in [4.78, 5) is 0. The lowest BCUT2D eigenvalue weighted by Crippen LogP contribution is -1.92. The van der Waals surface area contributed by atoms with E-state index in [-0.39, 0.29) is 0 Å². The minimum atomic E-state index is 0.796. The summed E-state index contributed by atoms with van der Waals surface area (Å²) in [6, 6.07) is 14.7. The van der Waals surface area contributed by atoms with Gasteiger partial charge in [0.2, 0.25) is 0 Å². The number of halogens is 1. The van der Waals surface area contributed by atoms with Crippen LogP contribution < -0.4 is 0 Å². The third kappa shape index (κ3) is 2.65. The smallest absolute Gasteiger partial charge is 0.0406 e. The average molecular weight is 231 g/mol. The molecule has 1 heteroatoms. The summed E-state index contributed by atoms with van der Waals surface area (Å²) in [6.45, 7) is 4.29. The van der Waals surface area contributed by atoms with Crippen molar-refractivity contribution in [3.63, 3.8) is 0 Å². The number of rotatable bonds is 2. The topological polar surface area (TPSA) is 0 Å². The van der Waals surface area contributed by atoms with E-state index in [0.29, 0.717) is 0 Å². The molecule has 0 saturated carbocycles. The van der Waals surface area contributed by atoms with E-state index in [1.54, 1.807) is 0 Å². The van der Waals surface area contributed by atoms with Crippen molar-refractivity contribution < 1.29 is 0 Å². The van der Waals surface area contributed by atoms with Crippen LogP contribution in [0.5, 0.6) is 0 Å². The molecule has 0 aromatic heterocycles. The predicted molar refractivity (Wildman–Crippen MR) is 70.2 cm³/mol. The van der Waals surface area contributed by atoms with Gasteiger partial charge < -0.3 is 0 Å². The Labute approximate surface area is 102 Å². The largest absolute Gasteiger partial charge is 0.0843 e. The first-order valence-corrected chi connectivity index (χ1v) is 5.83. The van der Waals surface area contributed by atoms with Gasteiger partial charge in [-0.15, -0.1) is 0 Å². The molecule has 2 aromatic carbocycles. The van der Waals surface area contributed by atoms with Gasteiger partial charge in [0.15, 0.2) is 0 Å². The Morgan fingerprint density at radius 1 is 0.938 bits per heavy atom. The second-order valence-corrected chi connectivity index (χ2v) is 4.67. The summed E-state index contributed by atoms with van der Waals surface area (Å²) < 4.78 is 0. The van der Waals surface area contributed by atoms with Gasteiger partial charge in [0.25, 0.3) is 0 Å². The van der Waals surface area contributed by atoms with Crippen molar-refractivity contribution in [1.29, 1.82) is 0 Å². The van der Waals surface area contributed by atoms with E-state index >= 15 is 0 Å². The highest BCUT2D eigenvalue weighted by molar-refractivity contribution is 6.30. The Morgan fingerprint density at radius 2 is 1.62 bits per heavy atom. The Bertz CT molecular complexity index is 483. The summed E-state index contributed by atoms with van der Waals surface area (Å²) in [7, 11) is 0. The van der Waals surface area contributed by atoms with Gasteiger partial charge in [-0.1, -0.05) is 47.5 Å². The SMILES string of the molecule is Cc1ccc(C)c(Cc2ccc(Cl)cc2)c1. The second kappa shape index (κ2) is 4.71. The number of aryl methyl sites for hydroxylation is 2. The normalized spacial score (nSPS) is 10.4. The molecule has 0 saturated heterocycles. The predicted octanol–water partition coefficient (Wildman–Crippen LogP) is 4.55. The van der Waals surface area contributed by atoms with Gasteiger partial charge in [-0.3, -0.25) is 0 Å². The maximum atomic E-state index is 5.87. The molecule has 0 aliphatic rings. The molecule has 0 heterocycles. The fourth-order valence-electron chi connectivity index (χ4n) is 1.81. The van der Waals surface area contributed by atoms with Gasteiger partial charge in [-0.05, 0) is 49.1 Å². The van der Waals surface area contributed by atoms with Crippen LogP contribution in [-0.4, -0.2) is 0 Å². The van der Waals surface area contributed by atoms with Gasteiger partial charge in [0.1, 0.15) is 0 Å². The molecule has 2 aromatic rings. The zero-order valence-corrected chi connectivity index (χ0v) is 10.4. The quantitative estimate of drug-likeness (QED) is 0.710. The van der Waals surface area contributed by atoms with Crippen LogP contribution >= 0.6 is 11.6 Å². The third-order valence-corrected chi connectivity index (χ3v) is 3.06. The van der Waals surface area contributed by atoms with Crippen molar-refractivity contribution in [2.24, 2.45) is 0 Å². The molecule has 0 atom stereocenters. The lowest BCUT2D eigenvalue weighted by Gasteiger charge is -2.07. The van der Waals surface area contributed by atoms with Gasteiger partial charge in [-0.2, -0.15) is 0 Å². The Hall–Kier alpha value is -1.27. The van der Waals surface area contributed by atoms with E-state index in [0.717, 1.165) is 11.4 Å². The van der Waals surface area contributed by atoms with Crippen LogP contribution in [0.3, 0.4) is 0 Å². The first kappa shape index (κ1) is 11.2. The van der Waals surface area contributed by atoms with Gasteiger partial charge in [-0.25, -0.2) is 0 Å². The number of benzene rings is 2. The molecular formula is C15H15Cl. The van der Waals surface area contributed by atoms with Crippen molar-refractivity contribution >= 4 is 11.6 Å². The Kier molecular flexibility index (Phi) is 3.31. The number of hydrogen-bond acceptors (Lipinski definition) is 0. The zero-order valence-electron chi connectivity index (χ0n) is 9.63. The molecule has 0 unspecified atom stereocenters. The van der Waals surface area contributed by atoms with Crippen LogP contribution in [0.4, 0.5) is 0 Å². The van der Waals surface area contributed by atoms with Crippen molar-refractivity contribution in [3.05, 3.63) is 69.7 Å². The molecule has 82 valence electrons. The fourth-order valence-corrected chi connectivity index (χ4v) is 1.94. The number of hydrogen-bond donors (Lipinski definition) is 0. The summed E-state index contributed by atoms with van der Waals surface area (Å²) in [5.41, 5.74) is 5.36. The van der Waals surface area contributed by atoms with E-state index < -0.39 is 0 Å². The average Bonchev–Trinajstić information content (AvgIpc) is 2.27. The van der Waals surface area contributed by atoms with Crippen molar-refractivity contribution in [3.8, 4) is 0 Å². The minimum absolute atomic E-state index is 0.796. The van der Waals surface area contributed by atoms with Crippen molar-refractivity contribution in [2.45, 2.75) is 20.3 Å². The van der Waals surface area contributed by atoms with Gasteiger partial charge >= 0.3 is 0 Å². The van der Waals surface area contributed by atoms with Crippen LogP contribution in [-0.2, 0) is 6.42 Å². The van der Waals surface area contributed by atoms with Crippen molar-refractivity contribution in [1.82, 2.24) is 0 Å². The molecule has 0 N–H and O–H groups in total. The molecule has 0 spiro atoms. The maximum absolute atomic E-state index is 5.87. The lowest BCUT2D eigenvalue weighted by atomic mass is 9.99. The monoisotopic (exact) mass is 230 g/mol. The van der Waals surface area contributed by atoms with E-state index in [2.05, 4.69) is 44.2 Å². The third-order valence-electron chi connectivity index (χ3n) is 2.81. The van der Waals surface area contributed by atoms with Crippen molar-refractivity contribution in [2.75, 3.05) is 0 Å². The van der Waals surface area contributed by atoms with E-state index in [4.69, 9.17) is 11.6 Å². The highest BCUT2D eigenvalue weighted by atomic mass is 35.5. The maximum Gasteiger partial charge on any atom is 0.0406 e. The zero-order chi connectivity index (χ0) is 11.5. The van der Waals surface area contributed by atoms with Crippen LogP contribution in [0, 0.1) is 13.8 Å². The van der Waals surface area contributed by atoms with Crippen LogP contribution in [0.2, 0.25) is 5.02 Å². The molecule has 0 aliphatic heterocycles. The van der Waals surface area contributed by atoms with E-state index in [1.165, 1.54) is 22.3 Å². The van der Waals surface area contributed by atoms with Gasteiger partial charge in [0.05, 0.1) is 0 Å². The summed E-state index contributed by atoms with van der Waals surface area (Å²) in [5.74, 6) is 0.